The van der Waals surface area contributed by atoms with Gasteiger partial charge in [-0.15, -0.1) is 0 Å². The molecule has 0 atom stereocenters. The molecule has 112 valence electrons. The van der Waals surface area contributed by atoms with Gasteiger partial charge in [0.2, 0.25) is 0 Å². The van der Waals surface area contributed by atoms with Crippen LogP contribution in [0.1, 0.15) is 17.0 Å². The summed E-state index contributed by atoms with van der Waals surface area (Å²) < 4.78 is 5.41. The Morgan fingerprint density at radius 3 is 2.14 bits per heavy atom. The number of benzene rings is 2. The Labute approximate surface area is 129 Å². The van der Waals surface area contributed by atoms with Crippen LogP contribution in [0.4, 0.5) is 4.79 Å². The zero-order valence-electron chi connectivity index (χ0n) is 12.5. The molecule has 0 fully saturated rings. The average molecular weight is 294 g/mol. The molecule has 1 aliphatic rings. The maximum Gasteiger partial charge on any atom is 0.415 e. The van der Waals surface area contributed by atoms with E-state index in [9.17, 15) is 4.79 Å². The van der Waals surface area contributed by atoms with E-state index in [-0.39, 0.29) is 18.3 Å². The highest BCUT2D eigenvalue weighted by atomic mass is 16.6. The molecule has 22 heavy (non-hydrogen) atoms. The molecule has 1 amide bonds. The van der Waals surface area contributed by atoms with Gasteiger partial charge >= 0.3 is 6.09 Å². The van der Waals surface area contributed by atoms with Gasteiger partial charge in [-0.2, -0.15) is 0 Å². The lowest BCUT2D eigenvalue weighted by Gasteiger charge is -2.19. The molecule has 4 heteroatoms. The Bertz CT molecular complexity index is 694. The largest absolute Gasteiger partial charge is 0.448 e. The van der Waals surface area contributed by atoms with Crippen LogP contribution in [0.15, 0.2) is 60.9 Å². The smallest absolute Gasteiger partial charge is 0.415 e. The summed E-state index contributed by atoms with van der Waals surface area (Å²) in [4.78, 5) is 13.1. The minimum absolute atomic E-state index is 0.0517. The van der Waals surface area contributed by atoms with Gasteiger partial charge in [-0.3, -0.25) is 4.90 Å². The molecule has 3 rings (SSSR count). The third-order valence-corrected chi connectivity index (χ3v) is 4.04. The molecule has 2 aromatic rings. The molecule has 0 heterocycles. The maximum atomic E-state index is 11.9. The first-order chi connectivity index (χ1) is 10.6. The van der Waals surface area contributed by atoms with Crippen molar-refractivity contribution in [3.63, 3.8) is 0 Å². The van der Waals surface area contributed by atoms with Crippen LogP contribution < -0.4 is 5.73 Å². The van der Waals surface area contributed by atoms with Crippen LogP contribution in [0.25, 0.3) is 11.1 Å². The third-order valence-electron chi connectivity index (χ3n) is 4.04. The van der Waals surface area contributed by atoms with E-state index in [0.717, 1.165) is 0 Å². The van der Waals surface area contributed by atoms with Gasteiger partial charge in [0.25, 0.3) is 0 Å². The molecule has 0 aliphatic heterocycles. The van der Waals surface area contributed by atoms with Crippen LogP contribution in [-0.2, 0) is 4.74 Å². The van der Waals surface area contributed by atoms with E-state index in [4.69, 9.17) is 10.5 Å². The highest BCUT2D eigenvalue weighted by molar-refractivity contribution is 5.79. The number of carbonyl (C=O) groups excluding carboxylic acids is 1. The second-order valence-electron chi connectivity index (χ2n) is 5.35. The number of nitrogens with zero attached hydrogens (tertiary/aromatic N) is 1. The minimum Gasteiger partial charge on any atom is -0.448 e. The lowest BCUT2D eigenvalue weighted by atomic mass is 9.98. The highest BCUT2D eigenvalue weighted by Gasteiger charge is 2.29. The normalized spacial score (nSPS) is 12.4. The second kappa shape index (κ2) is 5.56. The second-order valence-corrected chi connectivity index (χ2v) is 5.35. The number of hydrogen-bond acceptors (Lipinski definition) is 3. The lowest BCUT2D eigenvalue weighted by Crippen LogP contribution is -2.31. The number of ether oxygens (including phenoxy) is 1. The van der Waals surface area contributed by atoms with Gasteiger partial charge in [0, 0.05) is 13.0 Å². The SMILES string of the molecule is C=C(N)N(C)C(=O)OCC1c2ccccc2-c2ccccc21. The summed E-state index contributed by atoms with van der Waals surface area (Å²) in [6.07, 6.45) is -0.491. The number of nitrogens with two attached hydrogens (primary N) is 1. The molecule has 0 spiro atoms. The van der Waals surface area contributed by atoms with Gasteiger partial charge in [-0.05, 0) is 22.3 Å². The Kier molecular flexibility index (Phi) is 3.59. The zero-order valence-corrected chi connectivity index (χ0v) is 12.5. The average Bonchev–Trinajstić information content (AvgIpc) is 2.86. The van der Waals surface area contributed by atoms with E-state index in [1.165, 1.54) is 27.2 Å². The van der Waals surface area contributed by atoms with Gasteiger partial charge in [0.15, 0.2) is 0 Å². The fourth-order valence-electron chi connectivity index (χ4n) is 2.81. The van der Waals surface area contributed by atoms with Crippen molar-refractivity contribution in [3.05, 3.63) is 72.1 Å². The number of carbonyl (C=O) groups is 1. The molecular formula is C18H18N2O2. The summed E-state index contributed by atoms with van der Waals surface area (Å²) in [6.45, 7) is 3.81. The number of fused-ring (bicyclic) bond motifs is 3. The molecule has 2 N–H and O–H groups in total. The molecule has 0 saturated carbocycles. The third kappa shape index (κ3) is 2.33. The van der Waals surface area contributed by atoms with Gasteiger partial charge < -0.3 is 10.5 Å². The van der Waals surface area contributed by atoms with Gasteiger partial charge in [0.05, 0.1) is 0 Å². The Morgan fingerprint density at radius 1 is 1.14 bits per heavy atom. The lowest BCUT2D eigenvalue weighted by molar-refractivity contribution is 0.117. The molecule has 0 unspecified atom stereocenters. The Morgan fingerprint density at radius 2 is 1.64 bits per heavy atom. The van der Waals surface area contributed by atoms with Crippen molar-refractivity contribution in [1.29, 1.82) is 0 Å². The number of rotatable bonds is 3. The highest BCUT2D eigenvalue weighted by Crippen LogP contribution is 2.44. The summed E-state index contributed by atoms with van der Waals surface area (Å²) in [7, 11) is 1.54. The monoisotopic (exact) mass is 294 g/mol. The molecule has 4 nitrogen and oxygen atoms in total. The van der Waals surface area contributed by atoms with Crippen molar-refractivity contribution < 1.29 is 9.53 Å². The Hall–Kier alpha value is -2.75. The Balaban J connectivity index is 1.85. The minimum atomic E-state index is -0.491. The molecule has 0 bridgehead atoms. The van der Waals surface area contributed by atoms with Crippen LogP contribution in [-0.4, -0.2) is 24.6 Å². The standard InChI is InChI=1S/C18H18N2O2/c1-12(19)20(2)18(21)22-11-17-15-9-5-3-7-13(15)14-8-4-6-10-16(14)17/h3-10,17H,1,11,19H2,2H3. The molecule has 2 aromatic carbocycles. The summed E-state index contributed by atoms with van der Waals surface area (Å²) in [5.41, 5.74) is 10.3. The van der Waals surface area contributed by atoms with E-state index in [0.29, 0.717) is 0 Å². The van der Waals surface area contributed by atoms with Crippen molar-refractivity contribution in [2.24, 2.45) is 5.73 Å². The first-order valence-corrected chi connectivity index (χ1v) is 7.12. The van der Waals surface area contributed by atoms with Gasteiger partial charge in [-0.1, -0.05) is 55.1 Å². The zero-order chi connectivity index (χ0) is 15.7. The maximum absolute atomic E-state index is 11.9. The number of hydrogen-bond donors (Lipinski definition) is 1. The van der Waals surface area contributed by atoms with Crippen molar-refractivity contribution in [3.8, 4) is 11.1 Å². The van der Waals surface area contributed by atoms with Gasteiger partial charge in [-0.25, -0.2) is 4.79 Å². The van der Waals surface area contributed by atoms with E-state index >= 15 is 0 Å². The van der Waals surface area contributed by atoms with Gasteiger partial charge in [0.1, 0.15) is 12.4 Å². The van der Waals surface area contributed by atoms with E-state index < -0.39 is 6.09 Å². The van der Waals surface area contributed by atoms with Crippen LogP contribution in [0, 0.1) is 0 Å². The fraction of sp³-hybridized carbons (Fsp3) is 0.167. The van der Waals surface area contributed by atoms with Crippen LogP contribution >= 0.6 is 0 Å². The molecular weight excluding hydrogens is 276 g/mol. The molecule has 0 saturated heterocycles. The van der Waals surface area contributed by atoms with E-state index in [1.807, 2.05) is 24.3 Å². The quantitative estimate of drug-likeness (QED) is 0.945. The first-order valence-electron chi connectivity index (χ1n) is 7.12. The van der Waals surface area contributed by atoms with Crippen LogP contribution in [0.5, 0.6) is 0 Å². The van der Waals surface area contributed by atoms with Crippen molar-refractivity contribution in [1.82, 2.24) is 4.90 Å². The number of amides is 1. The van der Waals surface area contributed by atoms with E-state index in [1.54, 1.807) is 7.05 Å². The summed E-state index contributed by atoms with van der Waals surface area (Å²) in [6, 6.07) is 16.4. The fourth-order valence-corrected chi connectivity index (χ4v) is 2.81. The van der Waals surface area contributed by atoms with Crippen LogP contribution in [0.3, 0.4) is 0 Å². The predicted octanol–water partition coefficient (Wildman–Crippen LogP) is 3.30. The van der Waals surface area contributed by atoms with E-state index in [2.05, 4.69) is 30.8 Å². The van der Waals surface area contributed by atoms with Crippen molar-refractivity contribution in [2.45, 2.75) is 5.92 Å². The molecule has 0 aromatic heterocycles. The first kappa shape index (κ1) is 14.2. The van der Waals surface area contributed by atoms with Crippen molar-refractivity contribution in [2.75, 3.05) is 13.7 Å². The summed E-state index contributed by atoms with van der Waals surface area (Å²) in [5.74, 6) is 0.216. The summed E-state index contributed by atoms with van der Waals surface area (Å²) >= 11 is 0. The summed E-state index contributed by atoms with van der Waals surface area (Å²) in [5, 5.41) is 0. The van der Waals surface area contributed by atoms with Crippen molar-refractivity contribution >= 4 is 6.09 Å². The topological polar surface area (TPSA) is 55.6 Å². The molecule has 1 aliphatic carbocycles. The van der Waals surface area contributed by atoms with Crippen LogP contribution in [0.2, 0.25) is 0 Å². The molecule has 0 radical (unpaired) electrons. The predicted molar refractivity (Wildman–Crippen MR) is 86.2 cm³/mol.